The van der Waals surface area contributed by atoms with Crippen molar-refractivity contribution >= 4 is 28.8 Å². The van der Waals surface area contributed by atoms with Gasteiger partial charge < -0.3 is 15.1 Å². The Kier molecular flexibility index (Phi) is 6.26. The third-order valence-corrected chi connectivity index (χ3v) is 4.55. The maximum absolute atomic E-state index is 12.7. The van der Waals surface area contributed by atoms with E-state index in [4.69, 9.17) is 0 Å². The molecule has 3 rings (SSSR count). The van der Waals surface area contributed by atoms with Crippen molar-refractivity contribution in [1.82, 2.24) is 0 Å². The number of amides is 1. The van der Waals surface area contributed by atoms with Crippen LogP contribution in [0.4, 0.5) is 17.1 Å². The highest BCUT2D eigenvalue weighted by Crippen LogP contribution is 2.37. The number of aromatic hydroxyl groups is 2. The van der Waals surface area contributed by atoms with Gasteiger partial charge in [0.15, 0.2) is 5.78 Å². The summed E-state index contributed by atoms with van der Waals surface area (Å²) in [6.45, 7) is 5.28. The molecule has 0 heterocycles. The number of azo groups is 1. The van der Waals surface area contributed by atoms with Gasteiger partial charge in [-0.3, -0.25) is 9.59 Å². The SMILES string of the molecule is C=C(C)C(=O)N(C)c1ccccc1N=Nc1cc(C(=O)c2ccccc2)c(O)cc1O. The highest BCUT2D eigenvalue weighted by molar-refractivity contribution is 6.11. The van der Waals surface area contributed by atoms with Gasteiger partial charge in [0.2, 0.25) is 0 Å². The van der Waals surface area contributed by atoms with Crippen molar-refractivity contribution in [2.24, 2.45) is 10.2 Å². The minimum Gasteiger partial charge on any atom is -0.507 e. The first-order chi connectivity index (χ1) is 14.8. The summed E-state index contributed by atoms with van der Waals surface area (Å²) in [6, 6.07) is 17.6. The van der Waals surface area contributed by atoms with Gasteiger partial charge in [0, 0.05) is 24.3 Å². The lowest BCUT2D eigenvalue weighted by Crippen LogP contribution is -2.26. The fourth-order valence-corrected chi connectivity index (χ4v) is 2.91. The number of likely N-dealkylation sites (N-methyl/N-ethyl adjacent to an activating group) is 1. The second-order valence-electron chi connectivity index (χ2n) is 6.89. The number of rotatable bonds is 6. The maximum atomic E-state index is 12.7. The molecule has 0 bridgehead atoms. The second kappa shape index (κ2) is 9.04. The molecule has 31 heavy (non-hydrogen) atoms. The number of hydrogen-bond donors (Lipinski definition) is 2. The zero-order valence-corrected chi connectivity index (χ0v) is 17.1. The van der Waals surface area contributed by atoms with Gasteiger partial charge in [-0.15, -0.1) is 10.2 Å². The van der Waals surface area contributed by atoms with Crippen LogP contribution in [0, 0.1) is 0 Å². The molecular formula is C24H21N3O4. The van der Waals surface area contributed by atoms with Crippen LogP contribution in [0.25, 0.3) is 0 Å². The van der Waals surface area contributed by atoms with E-state index in [0.29, 0.717) is 22.5 Å². The molecule has 7 heteroatoms. The highest BCUT2D eigenvalue weighted by Gasteiger charge is 2.18. The van der Waals surface area contributed by atoms with Gasteiger partial charge in [-0.1, -0.05) is 49.0 Å². The van der Waals surface area contributed by atoms with Crippen molar-refractivity contribution in [2.75, 3.05) is 11.9 Å². The number of phenolic OH excluding ortho intramolecular Hbond substituents is 2. The quantitative estimate of drug-likeness (QED) is 0.325. The summed E-state index contributed by atoms with van der Waals surface area (Å²) in [5, 5.41) is 28.5. The molecule has 3 aromatic rings. The van der Waals surface area contributed by atoms with Crippen LogP contribution in [-0.4, -0.2) is 29.0 Å². The minimum atomic E-state index is -0.415. The molecule has 7 nitrogen and oxygen atoms in total. The molecule has 0 atom stereocenters. The molecule has 0 radical (unpaired) electrons. The van der Waals surface area contributed by atoms with E-state index in [-0.39, 0.29) is 28.7 Å². The summed E-state index contributed by atoms with van der Waals surface area (Å²) in [5.41, 5.74) is 1.62. The molecule has 0 fully saturated rings. The Morgan fingerprint density at radius 3 is 2.16 bits per heavy atom. The van der Waals surface area contributed by atoms with Gasteiger partial charge in [0.1, 0.15) is 22.9 Å². The van der Waals surface area contributed by atoms with Gasteiger partial charge in [-0.25, -0.2) is 0 Å². The van der Waals surface area contributed by atoms with Crippen LogP contribution in [0.3, 0.4) is 0 Å². The van der Waals surface area contributed by atoms with E-state index in [9.17, 15) is 19.8 Å². The topological polar surface area (TPSA) is 103 Å². The number of carbonyl (C=O) groups is 2. The Hall–Kier alpha value is -4.26. The van der Waals surface area contributed by atoms with E-state index in [1.165, 1.54) is 11.0 Å². The lowest BCUT2D eigenvalue weighted by Gasteiger charge is -2.18. The molecule has 3 aromatic carbocycles. The van der Waals surface area contributed by atoms with Crippen LogP contribution in [0.2, 0.25) is 0 Å². The van der Waals surface area contributed by atoms with E-state index >= 15 is 0 Å². The number of hydrogen-bond acceptors (Lipinski definition) is 6. The van der Waals surface area contributed by atoms with Gasteiger partial charge in [0.05, 0.1) is 11.3 Å². The molecule has 0 aliphatic rings. The van der Waals surface area contributed by atoms with Crippen molar-refractivity contribution < 1.29 is 19.8 Å². The number of para-hydroxylation sites is 1. The number of nitrogens with zero attached hydrogens (tertiary/aromatic N) is 3. The van der Waals surface area contributed by atoms with Crippen molar-refractivity contribution in [2.45, 2.75) is 6.92 Å². The fourth-order valence-electron chi connectivity index (χ4n) is 2.91. The molecule has 2 N–H and O–H groups in total. The zero-order valence-electron chi connectivity index (χ0n) is 17.1. The van der Waals surface area contributed by atoms with Crippen LogP contribution in [0.15, 0.2) is 89.1 Å². The lowest BCUT2D eigenvalue weighted by molar-refractivity contribution is -0.114. The number of phenols is 2. The molecule has 0 saturated heterocycles. The van der Waals surface area contributed by atoms with Gasteiger partial charge in [0.25, 0.3) is 5.91 Å². The average Bonchev–Trinajstić information content (AvgIpc) is 2.77. The molecule has 0 aliphatic heterocycles. The highest BCUT2D eigenvalue weighted by atomic mass is 16.3. The first-order valence-electron chi connectivity index (χ1n) is 9.39. The summed E-state index contributed by atoms with van der Waals surface area (Å²) >= 11 is 0. The van der Waals surface area contributed by atoms with Crippen molar-refractivity contribution in [1.29, 1.82) is 0 Å². The third-order valence-electron chi connectivity index (χ3n) is 4.55. The van der Waals surface area contributed by atoms with Crippen molar-refractivity contribution in [3.05, 3.63) is 90.0 Å². The lowest BCUT2D eigenvalue weighted by atomic mass is 10.0. The number of anilines is 1. The summed E-state index contributed by atoms with van der Waals surface area (Å²) in [4.78, 5) is 26.4. The number of ketones is 1. The Morgan fingerprint density at radius 1 is 0.871 bits per heavy atom. The average molecular weight is 415 g/mol. The van der Waals surface area contributed by atoms with Gasteiger partial charge >= 0.3 is 0 Å². The van der Waals surface area contributed by atoms with E-state index < -0.39 is 5.78 Å². The molecule has 1 amide bonds. The van der Waals surface area contributed by atoms with E-state index in [1.54, 1.807) is 68.6 Å². The molecule has 0 aromatic heterocycles. The smallest absolute Gasteiger partial charge is 0.253 e. The first kappa shape index (κ1) is 21.4. The van der Waals surface area contributed by atoms with Gasteiger partial charge in [-0.2, -0.15) is 0 Å². The van der Waals surface area contributed by atoms with Crippen LogP contribution >= 0.6 is 0 Å². The summed E-state index contributed by atoms with van der Waals surface area (Å²) in [5.74, 6) is -1.39. The third kappa shape index (κ3) is 4.67. The molecule has 156 valence electrons. The van der Waals surface area contributed by atoms with Gasteiger partial charge in [-0.05, 0) is 25.1 Å². The zero-order chi connectivity index (χ0) is 22.5. The van der Waals surface area contributed by atoms with E-state index in [1.807, 2.05) is 0 Å². The first-order valence-corrected chi connectivity index (χ1v) is 9.39. The Morgan fingerprint density at radius 2 is 1.48 bits per heavy atom. The summed E-state index contributed by atoms with van der Waals surface area (Å²) < 4.78 is 0. The number of benzene rings is 3. The monoisotopic (exact) mass is 415 g/mol. The predicted octanol–water partition coefficient (Wildman–Crippen LogP) is 5.28. The maximum Gasteiger partial charge on any atom is 0.253 e. The molecular weight excluding hydrogens is 394 g/mol. The summed E-state index contributed by atoms with van der Waals surface area (Å²) in [6.07, 6.45) is 0. The minimum absolute atomic E-state index is 0.000708. The fraction of sp³-hybridized carbons (Fsp3) is 0.0833. The van der Waals surface area contributed by atoms with Crippen LogP contribution in [0.5, 0.6) is 11.5 Å². The largest absolute Gasteiger partial charge is 0.507 e. The molecule has 0 spiro atoms. The van der Waals surface area contributed by atoms with Crippen LogP contribution in [0.1, 0.15) is 22.8 Å². The summed E-state index contributed by atoms with van der Waals surface area (Å²) in [7, 11) is 1.60. The normalized spacial score (nSPS) is 10.8. The van der Waals surface area contributed by atoms with Crippen molar-refractivity contribution in [3.8, 4) is 11.5 Å². The molecule has 0 saturated carbocycles. The van der Waals surface area contributed by atoms with Crippen molar-refractivity contribution in [3.63, 3.8) is 0 Å². The molecule has 0 unspecified atom stereocenters. The van der Waals surface area contributed by atoms with Crippen LogP contribution in [-0.2, 0) is 4.79 Å². The Bertz CT molecular complexity index is 1190. The molecule has 0 aliphatic carbocycles. The van der Waals surface area contributed by atoms with E-state index in [0.717, 1.165) is 6.07 Å². The Balaban J connectivity index is 1.98. The number of carbonyl (C=O) groups excluding carboxylic acids is 2. The Labute approximate surface area is 179 Å². The standard InChI is InChI=1S/C24H21N3O4/c1-15(2)24(31)27(3)20-12-8-7-11-18(20)25-26-19-13-17(21(28)14-22(19)29)23(30)16-9-5-4-6-10-16/h4-14,28-29H,1H2,2-3H3. The predicted molar refractivity (Wildman–Crippen MR) is 118 cm³/mol. The van der Waals surface area contributed by atoms with E-state index in [2.05, 4.69) is 16.8 Å². The second-order valence-corrected chi connectivity index (χ2v) is 6.89. The van der Waals surface area contributed by atoms with Crippen LogP contribution < -0.4 is 4.90 Å².